The van der Waals surface area contributed by atoms with E-state index >= 15 is 0 Å². The Morgan fingerprint density at radius 3 is 2.73 bits per heavy atom. The third-order valence-electron chi connectivity index (χ3n) is 6.75. The molecule has 2 atom stereocenters. The van der Waals surface area contributed by atoms with Gasteiger partial charge in [-0.1, -0.05) is 18.2 Å². The highest BCUT2D eigenvalue weighted by Crippen LogP contribution is 2.34. The minimum absolute atomic E-state index is 0.104. The van der Waals surface area contributed by atoms with Gasteiger partial charge in [0, 0.05) is 39.6 Å². The smallest absolute Gasteiger partial charge is 0.328 e. The molecule has 2 N–H and O–H groups in total. The summed E-state index contributed by atoms with van der Waals surface area (Å²) in [6.07, 6.45) is 2.22. The van der Waals surface area contributed by atoms with Gasteiger partial charge >= 0.3 is 5.69 Å². The Bertz CT molecular complexity index is 1360. The monoisotopic (exact) mass is 455 g/mol. The predicted octanol–water partition coefficient (Wildman–Crippen LogP) is 3.45. The Morgan fingerprint density at radius 2 is 1.91 bits per heavy atom. The summed E-state index contributed by atoms with van der Waals surface area (Å²) in [6.45, 7) is 0.796. The second-order valence-electron chi connectivity index (χ2n) is 8.89. The number of halogens is 2. The maximum atomic E-state index is 14.9. The van der Waals surface area contributed by atoms with E-state index in [4.69, 9.17) is 4.42 Å². The van der Waals surface area contributed by atoms with Crippen LogP contribution in [0.5, 0.6) is 0 Å². The lowest BCUT2D eigenvalue weighted by Crippen LogP contribution is -2.52. The van der Waals surface area contributed by atoms with Gasteiger partial charge in [-0.05, 0) is 42.2 Å². The van der Waals surface area contributed by atoms with Crippen molar-refractivity contribution in [2.24, 2.45) is 14.1 Å². The normalized spacial score (nSPS) is 20.6. The van der Waals surface area contributed by atoms with Crippen molar-refractivity contribution in [3.8, 4) is 0 Å². The number of hydrogen-bond donors (Lipinski definition) is 2. The zero-order valence-electron chi connectivity index (χ0n) is 18.6. The average molecular weight is 456 g/mol. The van der Waals surface area contributed by atoms with Crippen molar-refractivity contribution in [2.45, 2.75) is 50.4 Å². The summed E-state index contributed by atoms with van der Waals surface area (Å²) >= 11 is 0. The molecule has 2 heterocycles. The molecule has 174 valence electrons. The molecule has 1 aliphatic rings. The van der Waals surface area contributed by atoms with Crippen molar-refractivity contribution in [2.75, 3.05) is 0 Å². The topological polar surface area (TPSA) is 77.0 Å². The SMILES string of the molecule is Cn1c(=O)n(C)c2cc(CN[C@@H]3CC[C@@H](NCc4cccc5ocnc45)CC3(F)F)ccc21. The van der Waals surface area contributed by atoms with Crippen molar-refractivity contribution in [3.05, 3.63) is 64.4 Å². The van der Waals surface area contributed by atoms with E-state index in [-0.39, 0.29) is 18.2 Å². The van der Waals surface area contributed by atoms with E-state index < -0.39 is 12.0 Å². The maximum absolute atomic E-state index is 14.9. The number of fused-ring (bicyclic) bond motifs is 2. The number of alkyl halides is 2. The molecular formula is C24H27F2N5O2. The lowest BCUT2D eigenvalue weighted by molar-refractivity contribution is -0.0734. The van der Waals surface area contributed by atoms with Gasteiger partial charge in [0.15, 0.2) is 12.0 Å². The minimum atomic E-state index is -2.82. The Labute approximate surface area is 189 Å². The van der Waals surface area contributed by atoms with Crippen LogP contribution >= 0.6 is 0 Å². The third kappa shape index (κ3) is 4.06. The van der Waals surface area contributed by atoms with Gasteiger partial charge in [-0.3, -0.25) is 9.13 Å². The van der Waals surface area contributed by atoms with Crippen molar-refractivity contribution in [1.29, 1.82) is 0 Å². The number of benzene rings is 2. The fourth-order valence-corrected chi connectivity index (χ4v) is 4.82. The van der Waals surface area contributed by atoms with Crippen LogP contribution in [0.3, 0.4) is 0 Å². The van der Waals surface area contributed by atoms with E-state index in [1.54, 1.807) is 23.2 Å². The van der Waals surface area contributed by atoms with E-state index in [1.807, 2.05) is 36.4 Å². The Kier molecular flexibility index (Phi) is 5.54. The molecule has 1 saturated carbocycles. The molecule has 33 heavy (non-hydrogen) atoms. The number of para-hydroxylation sites is 1. The summed E-state index contributed by atoms with van der Waals surface area (Å²) in [5.41, 5.74) is 4.79. The highest BCUT2D eigenvalue weighted by atomic mass is 19.3. The van der Waals surface area contributed by atoms with Crippen molar-refractivity contribution in [1.82, 2.24) is 24.8 Å². The van der Waals surface area contributed by atoms with Crippen LogP contribution in [0.4, 0.5) is 8.78 Å². The third-order valence-corrected chi connectivity index (χ3v) is 6.75. The summed E-state index contributed by atoms with van der Waals surface area (Å²) in [6, 6.07) is 10.1. The van der Waals surface area contributed by atoms with Gasteiger partial charge in [0.1, 0.15) is 5.52 Å². The molecular weight excluding hydrogens is 428 g/mol. The molecule has 9 heteroatoms. The van der Waals surface area contributed by atoms with Gasteiger partial charge < -0.3 is 15.1 Å². The molecule has 4 aromatic rings. The number of oxazole rings is 1. The Hall–Kier alpha value is -3.04. The second kappa shape index (κ2) is 8.39. The molecule has 7 nitrogen and oxygen atoms in total. The van der Waals surface area contributed by atoms with Gasteiger partial charge in [0.25, 0.3) is 5.92 Å². The van der Waals surface area contributed by atoms with Gasteiger partial charge in [0.05, 0.1) is 17.1 Å². The first-order chi connectivity index (χ1) is 15.8. The zero-order chi connectivity index (χ0) is 23.2. The van der Waals surface area contributed by atoms with Crippen LogP contribution in [0.15, 0.2) is 52.0 Å². The summed E-state index contributed by atoms with van der Waals surface area (Å²) in [4.78, 5) is 16.3. The summed E-state index contributed by atoms with van der Waals surface area (Å²) in [5, 5.41) is 6.33. The van der Waals surface area contributed by atoms with Crippen molar-refractivity contribution < 1.29 is 13.2 Å². The fraction of sp³-hybridized carbons (Fsp3) is 0.417. The lowest BCUT2D eigenvalue weighted by atomic mass is 9.87. The molecule has 2 aromatic carbocycles. The van der Waals surface area contributed by atoms with Crippen molar-refractivity contribution in [3.63, 3.8) is 0 Å². The summed E-state index contributed by atoms with van der Waals surface area (Å²) in [5.74, 6) is -2.82. The molecule has 5 rings (SSSR count). The van der Waals surface area contributed by atoms with Crippen LogP contribution in [-0.2, 0) is 27.2 Å². The number of nitrogens with one attached hydrogen (secondary N) is 2. The Morgan fingerprint density at radius 1 is 1.09 bits per heavy atom. The maximum Gasteiger partial charge on any atom is 0.328 e. The first kappa shape index (κ1) is 21.8. The molecule has 0 unspecified atom stereocenters. The van der Waals surface area contributed by atoms with Crippen LogP contribution in [0, 0.1) is 0 Å². The molecule has 0 bridgehead atoms. The summed E-state index contributed by atoms with van der Waals surface area (Å²) < 4.78 is 38.4. The van der Waals surface area contributed by atoms with Crippen LogP contribution in [-0.4, -0.2) is 32.1 Å². The number of rotatable bonds is 6. The van der Waals surface area contributed by atoms with Crippen LogP contribution in [0.1, 0.15) is 30.4 Å². The number of aromatic nitrogens is 3. The van der Waals surface area contributed by atoms with E-state index in [9.17, 15) is 13.6 Å². The molecule has 0 saturated heterocycles. The van der Waals surface area contributed by atoms with E-state index in [0.717, 1.165) is 27.7 Å². The van der Waals surface area contributed by atoms with E-state index in [0.29, 0.717) is 31.5 Å². The number of nitrogens with zero attached hydrogens (tertiary/aromatic N) is 3. The molecule has 1 aliphatic carbocycles. The van der Waals surface area contributed by atoms with Crippen LogP contribution in [0.2, 0.25) is 0 Å². The lowest BCUT2D eigenvalue weighted by Gasteiger charge is -2.37. The molecule has 0 spiro atoms. The van der Waals surface area contributed by atoms with Crippen LogP contribution < -0.4 is 16.3 Å². The van der Waals surface area contributed by atoms with Gasteiger partial charge in [-0.2, -0.15) is 0 Å². The average Bonchev–Trinajstić information content (AvgIpc) is 3.36. The number of hydrogen-bond acceptors (Lipinski definition) is 5. The highest BCUT2D eigenvalue weighted by Gasteiger charge is 2.44. The fourth-order valence-electron chi connectivity index (χ4n) is 4.82. The Balaban J connectivity index is 1.20. The first-order valence-electron chi connectivity index (χ1n) is 11.1. The zero-order valence-corrected chi connectivity index (χ0v) is 18.6. The van der Waals surface area contributed by atoms with Crippen molar-refractivity contribution >= 4 is 22.1 Å². The summed E-state index contributed by atoms with van der Waals surface area (Å²) in [7, 11) is 3.44. The number of imidazole rings is 1. The quantitative estimate of drug-likeness (QED) is 0.466. The van der Waals surface area contributed by atoms with E-state index in [1.165, 1.54) is 6.39 Å². The largest absolute Gasteiger partial charge is 0.443 e. The molecule has 0 aliphatic heterocycles. The molecule has 1 fully saturated rings. The number of aryl methyl sites for hydroxylation is 2. The predicted molar refractivity (Wildman–Crippen MR) is 122 cm³/mol. The standard InChI is InChI=1S/C24H27F2N5O2/c1-30-18-8-6-15(10-19(18)31(2)23(30)32)12-28-21-9-7-17(11-24(21,25)26)27-13-16-4-3-5-20-22(16)29-14-33-20/h3-6,8,10,14,17,21,27-28H,7,9,11-13H2,1-2H3/t17-,21-/m1/s1. The van der Waals surface area contributed by atoms with Gasteiger partial charge in [0.2, 0.25) is 0 Å². The second-order valence-corrected chi connectivity index (χ2v) is 8.89. The van der Waals surface area contributed by atoms with Crippen LogP contribution in [0.25, 0.3) is 22.1 Å². The minimum Gasteiger partial charge on any atom is -0.443 e. The molecule has 0 radical (unpaired) electrons. The molecule has 2 aromatic heterocycles. The van der Waals surface area contributed by atoms with E-state index in [2.05, 4.69) is 15.6 Å². The molecule has 0 amide bonds. The van der Waals surface area contributed by atoms with Gasteiger partial charge in [-0.25, -0.2) is 18.6 Å². The first-order valence-corrected chi connectivity index (χ1v) is 11.1. The highest BCUT2D eigenvalue weighted by molar-refractivity contribution is 5.77. The van der Waals surface area contributed by atoms with Gasteiger partial charge in [-0.15, -0.1) is 0 Å².